The molecule has 0 aliphatic rings. The highest BCUT2D eigenvalue weighted by atomic mass is 32.2. The zero-order valence-electron chi connectivity index (χ0n) is 9.82. The lowest BCUT2D eigenvalue weighted by Gasteiger charge is -2.05. The van der Waals surface area contributed by atoms with Crippen molar-refractivity contribution in [3.63, 3.8) is 0 Å². The smallest absolute Gasteiger partial charge is 0.253 e. The summed E-state index contributed by atoms with van der Waals surface area (Å²) in [5.41, 5.74) is 1.63. The Morgan fingerprint density at radius 3 is 3.12 bits per heavy atom. The number of thioether (sulfide) groups is 1. The van der Waals surface area contributed by atoms with Crippen molar-refractivity contribution in [1.29, 1.82) is 0 Å². The van der Waals surface area contributed by atoms with Crippen LogP contribution in [-0.4, -0.2) is 29.4 Å². The number of hydrogen-bond donors (Lipinski definition) is 2. The fourth-order valence-electron chi connectivity index (χ4n) is 1.79. The van der Waals surface area contributed by atoms with Crippen molar-refractivity contribution in [3.8, 4) is 0 Å². The third-order valence-corrected chi connectivity index (χ3v) is 3.34. The van der Waals surface area contributed by atoms with Gasteiger partial charge in [0.25, 0.3) is 5.91 Å². The molecule has 1 aromatic carbocycles. The maximum Gasteiger partial charge on any atom is 0.253 e. The van der Waals surface area contributed by atoms with Crippen molar-refractivity contribution in [1.82, 2.24) is 10.3 Å². The molecule has 0 saturated heterocycles. The monoisotopic (exact) mass is 248 g/mol. The van der Waals surface area contributed by atoms with Gasteiger partial charge in [-0.1, -0.05) is 12.1 Å². The number of carbonyl (C=O) groups is 1. The zero-order chi connectivity index (χ0) is 12.1. The second kappa shape index (κ2) is 5.77. The number of nitrogens with one attached hydrogen (secondary N) is 2. The minimum Gasteiger partial charge on any atom is -0.361 e. The zero-order valence-corrected chi connectivity index (χ0v) is 10.6. The molecule has 1 amide bonds. The molecule has 90 valence electrons. The summed E-state index contributed by atoms with van der Waals surface area (Å²) in [7, 11) is 0. The molecular weight excluding hydrogens is 232 g/mol. The summed E-state index contributed by atoms with van der Waals surface area (Å²) in [6, 6.07) is 7.73. The predicted molar refractivity (Wildman–Crippen MR) is 73.6 cm³/mol. The van der Waals surface area contributed by atoms with Gasteiger partial charge in [-0.05, 0) is 30.6 Å². The van der Waals surface area contributed by atoms with Crippen LogP contribution in [0.25, 0.3) is 10.9 Å². The average molecular weight is 248 g/mol. The molecule has 0 spiro atoms. The van der Waals surface area contributed by atoms with Crippen molar-refractivity contribution in [2.75, 3.05) is 18.6 Å². The van der Waals surface area contributed by atoms with E-state index >= 15 is 0 Å². The van der Waals surface area contributed by atoms with Crippen LogP contribution in [0.5, 0.6) is 0 Å². The van der Waals surface area contributed by atoms with Gasteiger partial charge in [-0.3, -0.25) is 4.79 Å². The van der Waals surface area contributed by atoms with Gasteiger partial charge in [0, 0.05) is 18.1 Å². The minimum atomic E-state index is -0.000784. The second-order valence-electron chi connectivity index (χ2n) is 3.85. The summed E-state index contributed by atoms with van der Waals surface area (Å²) in [4.78, 5) is 15.1. The van der Waals surface area contributed by atoms with Gasteiger partial charge in [0.15, 0.2) is 0 Å². The molecule has 0 aliphatic carbocycles. The van der Waals surface area contributed by atoms with Gasteiger partial charge in [-0.25, -0.2) is 0 Å². The van der Waals surface area contributed by atoms with Gasteiger partial charge in [0.05, 0.1) is 11.1 Å². The molecule has 0 bridgehead atoms. The van der Waals surface area contributed by atoms with Crippen LogP contribution < -0.4 is 5.32 Å². The number of H-pyrrole nitrogens is 1. The highest BCUT2D eigenvalue weighted by molar-refractivity contribution is 7.98. The topological polar surface area (TPSA) is 44.9 Å². The van der Waals surface area contributed by atoms with E-state index in [1.54, 1.807) is 11.8 Å². The summed E-state index contributed by atoms with van der Waals surface area (Å²) in [5, 5.41) is 4.01. The first-order valence-electron chi connectivity index (χ1n) is 5.66. The summed E-state index contributed by atoms with van der Waals surface area (Å²) >= 11 is 1.80. The molecule has 17 heavy (non-hydrogen) atoms. The van der Waals surface area contributed by atoms with Crippen LogP contribution >= 0.6 is 11.8 Å². The number of rotatable bonds is 5. The predicted octanol–water partition coefficient (Wildman–Crippen LogP) is 2.65. The Hall–Kier alpha value is -1.42. The number of para-hydroxylation sites is 1. The Labute approximate surface area is 105 Å². The number of hydrogen-bond acceptors (Lipinski definition) is 2. The molecule has 2 aromatic rings. The Balaban J connectivity index is 2.06. The van der Waals surface area contributed by atoms with Gasteiger partial charge < -0.3 is 10.3 Å². The van der Waals surface area contributed by atoms with E-state index in [0.29, 0.717) is 0 Å². The summed E-state index contributed by atoms with van der Waals surface area (Å²) in [6.07, 6.45) is 4.93. The molecule has 0 unspecified atom stereocenters. The van der Waals surface area contributed by atoms with Crippen molar-refractivity contribution in [2.45, 2.75) is 6.42 Å². The first kappa shape index (κ1) is 12.0. The summed E-state index contributed by atoms with van der Waals surface area (Å²) in [5.74, 6) is 1.08. The molecule has 0 fully saturated rings. The largest absolute Gasteiger partial charge is 0.361 e. The van der Waals surface area contributed by atoms with E-state index in [9.17, 15) is 4.79 Å². The van der Waals surface area contributed by atoms with Crippen molar-refractivity contribution < 1.29 is 4.79 Å². The maximum atomic E-state index is 12.0. The highest BCUT2D eigenvalue weighted by Crippen LogP contribution is 2.16. The molecule has 4 heteroatoms. The molecule has 0 atom stereocenters. The first-order chi connectivity index (χ1) is 8.33. The normalized spacial score (nSPS) is 10.6. The van der Waals surface area contributed by atoms with Crippen LogP contribution in [0.4, 0.5) is 0 Å². The van der Waals surface area contributed by atoms with Gasteiger partial charge >= 0.3 is 0 Å². The van der Waals surface area contributed by atoms with Crippen molar-refractivity contribution in [2.24, 2.45) is 0 Å². The van der Waals surface area contributed by atoms with Crippen LogP contribution in [0.3, 0.4) is 0 Å². The maximum absolute atomic E-state index is 12.0. The van der Waals surface area contributed by atoms with E-state index in [0.717, 1.165) is 35.2 Å². The van der Waals surface area contributed by atoms with Crippen LogP contribution in [0.2, 0.25) is 0 Å². The molecule has 2 N–H and O–H groups in total. The number of carbonyl (C=O) groups excluding carboxylic acids is 1. The fraction of sp³-hybridized carbons (Fsp3) is 0.308. The van der Waals surface area contributed by atoms with Crippen molar-refractivity contribution in [3.05, 3.63) is 36.0 Å². The average Bonchev–Trinajstić information content (AvgIpc) is 2.82. The fourth-order valence-corrected chi connectivity index (χ4v) is 2.22. The minimum absolute atomic E-state index is 0.000784. The number of aromatic amines is 1. The van der Waals surface area contributed by atoms with Crippen molar-refractivity contribution >= 4 is 28.6 Å². The third kappa shape index (κ3) is 2.82. The van der Waals surface area contributed by atoms with E-state index in [1.165, 1.54) is 0 Å². The van der Waals surface area contributed by atoms with E-state index in [2.05, 4.69) is 16.6 Å². The van der Waals surface area contributed by atoms with Gasteiger partial charge in [0.2, 0.25) is 0 Å². The van der Waals surface area contributed by atoms with Crippen LogP contribution in [0.1, 0.15) is 16.8 Å². The van der Waals surface area contributed by atoms with Gasteiger partial charge in [-0.2, -0.15) is 11.8 Å². The lowest BCUT2D eigenvalue weighted by molar-refractivity contribution is 0.0955. The quantitative estimate of drug-likeness (QED) is 0.799. The van der Waals surface area contributed by atoms with E-state index < -0.39 is 0 Å². The van der Waals surface area contributed by atoms with E-state index in [4.69, 9.17) is 0 Å². The van der Waals surface area contributed by atoms with Crippen LogP contribution in [-0.2, 0) is 0 Å². The number of fused-ring (bicyclic) bond motifs is 1. The first-order valence-corrected chi connectivity index (χ1v) is 7.05. The molecule has 0 saturated carbocycles. The number of aromatic nitrogens is 1. The Morgan fingerprint density at radius 1 is 1.41 bits per heavy atom. The molecule has 0 aliphatic heterocycles. The van der Waals surface area contributed by atoms with Crippen LogP contribution in [0.15, 0.2) is 30.5 Å². The SMILES string of the molecule is CSCCCNC(=O)c1cccc2cc[nH]c12. The van der Waals surface area contributed by atoms with E-state index in [1.807, 2.05) is 30.5 Å². The Morgan fingerprint density at radius 2 is 2.29 bits per heavy atom. The third-order valence-electron chi connectivity index (χ3n) is 2.64. The van der Waals surface area contributed by atoms with E-state index in [-0.39, 0.29) is 5.91 Å². The number of amides is 1. The van der Waals surface area contributed by atoms with Gasteiger partial charge in [0.1, 0.15) is 0 Å². The Kier molecular flexibility index (Phi) is 4.09. The number of benzene rings is 1. The molecular formula is C13H16N2OS. The molecule has 2 rings (SSSR count). The second-order valence-corrected chi connectivity index (χ2v) is 4.84. The molecule has 3 nitrogen and oxygen atoms in total. The molecule has 1 aromatic heterocycles. The Bertz CT molecular complexity index is 507. The standard InChI is InChI=1S/C13H16N2OS/c1-17-9-3-7-15-13(16)11-5-2-4-10-6-8-14-12(10)11/h2,4-6,8,14H,3,7,9H2,1H3,(H,15,16). The van der Waals surface area contributed by atoms with Crippen LogP contribution in [0, 0.1) is 0 Å². The lowest BCUT2D eigenvalue weighted by atomic mass is 10.1. The highest BCUT2D eigenvalue weighted by Gasteiger charge is 2.09. The summed E-state index contributed by atoms with van der Waals surface area (Å²) < 4.78 is 0. The summed E-state index contributed by atoms with van der Waals surface area (Å²) in [6.45, 7) is 0.733. The molecule has 0 radical (unpaired) electrons. The van der Waals surface area contributed by atoms with Gasteiger partial charge in [-0.15, -0.1) is 0 Å². The lowest BCUT2D eigenvalue weighted by Crippen LogP contribution is -2.25. The molecule has 1 heterocycles.